The fourth-order valence-electron chi connectivity index (χ4n) is 1.05. The van der Waals surface area contributed by atoms with Crippen LogP contribution in [0.4, 0.5) is 18.9 Å². The van der Waals surface area contributed by atoms with Gasteiger partial charge in [-0.3, -0.25) is 0 Å². The van der Waals surface area contributed by atoms with Crippen LogP contribution in [0.5, 0.6) is 0 Å². The molecule has 1 atom stereocenters. The molecule has 0 amide bonds. The van der Waals surface area contributed by atoms with Crippen LogP contribution >= 0.6 is 0 Å². The van der Waals surface area contributed by atoms with E-state index >= 15 is 0 Å². The lowest BCUT2D eigenvalue weighted by atomic mass is 10.0. The van der Waals surface area contributed by atoms with E-state index in [0.29, 0.717) is 0 Å². The molecule has 6 heteroatoms. The van der Waals surface area contributed by atoms with Gasteiger partial charge in [-0.2, -0.15) is 18.4 Å². The third-order valence-electron chi connectivity index (χ3n) is 1.91. The van der Waals surface area contributed by atoms with Gasteiger partial charge in [0.05, 0.1) is 5.56 Å². The summed E-state index contributed by atoms with van der Waals surface area (Å²) >= 11 is 0. The molecule has 0 saturated carbocycles. The number of nitrogen functional groups attached to an aromatic ring is 1. The van der Waals surface area contributed by atoms with Gasteiger partial charge in [0, 0.05) is 5.69 Å². The van der Waals surface area contributed by atoms with Gasteiger partial charge in [-0.15, -0.1) is 0 Å². The highest BCUT2D eigenvalue weighted by molar-refractivity contribution is 5.55. The lowest BCUT2D eigenvalue weighted by molar-refractivity contribution is -0.149. The molecule has 0 fully saturated rings. The number of rotatable bonds is 1. The molecular formula is C9H8F3N3. The van der Waals surface area contributed by atoms with Crippen LogP contribution in [0.25, 0.3) is 0 Å². The molecule has 80 valence electrons. The van der Waals surface area contributed by atoms with Crippen LogP contribution in [0.15, 0.2) is 18.2 Å². The number of hydrogen-bond acceptors (Lipinski definition) is 3. The van der Waals surface area contributed by atoms with E-state index in [2.05, 4.69) is 0 Å². The number of hydrogen-bond donors (Lipinski definition) is 2. The van der Waals surface area contributed by atoms with Crippen molar-refractivity contribution in [2.24, 2.45) is 5.73 Å². The molecule has 0 spiro atoms. The predicted octanol–water partition coefficient (Wildman–Crippen LogP) is 1.70. The number of nitrogens with two attached hydrogens (primary N) is 2. The Morgan fingerprint density at radius 3 is 2.40 bits per heavy atom. The van der Waals surface area contributed by atoms with Crippen LogP contribution < -0.4 is 11.5 Å². The molecule has 4 N–H and O–H groups in total. The van der Waals surface area contributed by atoms with Crippen molar-refractivity contribution in [2.45, 2.75) is 12.2 Å². The summed E-state index contributed by atoms with van der Waals surface area (Å²) < 4.78 is 36.7. The van der Waals surface area contributed by atoms with Crippen LogP contribution in [0.2, 0.25) is 0 Å². The quantitative estimate of drug-likeness (QED) is 0.700. The Morgan fingerprint density at radius 2 is 1.93 bits per heavy atom. The number of halogens is 3. The summed E-state index contributed by atoms with van der Waals surface area (Å²) in [6.07, 6.45) is -4.52. The summed E-state index contributed by atoms with van der Waals surface area (Å²) in [5, 5.41) is 8.58. The minimum Gasteiger partial charge on any atom is -0.398 e. The summed E-state index contributed by atoms with van der Waals surface area (Å²) in [5.41, 5.74) is 10.3. The van der Waals surface area contributed by atoms with E-state index < -0.39 is 12.2 Å². The van der Waals surface area contributed by atoms with Crippen molar-refractivity contribution in [1.29, 1.82) is 5.26 Å². The van der Waals surface area contributed by atoms with Gasteiger partial charge in [-0.1, -0.05) is 6.07 Å². The van der Waals surface area contributed by atoms with Gasteiger partial charge in [-0.05, 0) is 17.7 Å². The molecule has 0 aliphatic rings. The first kappa shape index (κ1) is 11.3. The van der Waals surface area contributed by atoms with Crippen LogP contribution in [-0.2, 0) is 0 Å². The Hall–Kier alpha value is -1.74. The molecular weight excluding hydrogens is 207 g/mol. The van der Waals surface area contributed by atoms with Crippen molar-refractivity contribution >= 4 is 5.69 Å². The summed E-state index contributed by atoms with van der Waals surface area (Å²) in [7, 11) is 0. The zero-order chi connectivity index (χ0) is 11.6. The Morgan fingerprint density at radius 1 is 1.33 bits per heavy atom. The maximum Gasteiger partial charge on any atom is 0.407 e. The summed E-state index contributed by atoms with van der Waals surface area (Å²) in [4.78, 5) is 0. The minimum absolute atomic E-state index is 0.00722. The van der Waals surface area contributed by atoms with Gasteiger partial charge in [0.15, 0.2) is 0 Å². The van der Waals surface area contributed by atoms with Crippen LogP contribution in [0, 0.1) is 11.3 Å². The molecule has 0 heterocycles. The van der Waals surface area contributed by atoms with Crippen molar-refractivity contribution in [3.05, 3.63) is 29.3 Å². The average molecular weight is 215 g/mol. The third kappa shape index (κ3) is 2.39. The normalized spacial score (nSPS) is 13.3. The lowest BCUT2D eigenvalue weighted by Gasteiger charge is -2.16. The number of anilines is 1. The van der Waals surface area contributed by atoms with E-state index in [1.807, 2.05) is 0 Å². The van der Waals surface area contributed by atoms with Crippen molar-refractivity contribution in [1.82, 2.24) is 0 Å². The number of benzene rings is 1. The van der Waals surface area contributed by atoms with Crippen LogP contribution in [0.3, 0.4) is 0 Å². The molecule has 1 aromatic rings. The highest BCUT2D eigenvalue weighted by Gasteiger charge is 2.37. The summed E-state index contributed by atoms with van der Waals surface area (Å²) in [5.74, 6) is 0. The van der Waals surface area contributed by atoms with Crippen LogP contribution in [0.1, 0.15) is 17.2 Å². The SMILES string of the molecule is N#Cc1cc([C@@H](N)C(F)(F)F)ccc1N. The molecule has 0 bridgehead atoms. The maximum absolute atomic E-state index is 12.2. The highest BCUT2D eigenvalue weighted by atomic mass is 19.4. The summed E-state index contributed by atoms with van der Waals surface area (Å²) in [6.45, 7) is 0. The fourth-order valence-corrected chi connectivity index (χ4v) is 1.05. The van der Waals surface area contributed by atoms with Gasteiger partial charge < -0.3 is 11.5 Å². The van der Waals surface area contributed by atoms with E-state index in [1.54, 1.807) is 6.07 Å². The number of nitriles is 1. The van der Waals surface area contributed by atoms with Gasteiger partial charge in [-0.25, -0.2) is 0 Å². The summed E-state index contributed by atoms with van der Waals surface area (Å²) in [6, 6.07) is 3.05. The zero-order valence-corrected chi connectivity index (χ0v) is 7.55. The molecule has 1 aromatic carbocycles. The topological polar surface area (TPSA) is 75.8 Å². The highest BCUT2D eigenvalue weighted by Crippen LogP contribution is 2.31. The second-order valence-electron chi connectivity index (χ2n) is 2.98. The molecule has 0 aliphatic carbocycles. The van der Waals surface area contributed by atoms with Gasteiger partial charge in [0.2, 0.25) is 0 Å². The second-order valence-corrected chi connectivity index (χ2v) is 2.98. The van der Waals surface area contributed by atoms with E-state index in [4.69, 9.17) is 16.7 Å². The van der Waals surface area contributed by atoms with Crippen molar-refractivity contribution in [3.8, 4) is 6.07 Å². The lowest BCUT2D eigenvalue weighted by Crippen LogP contribution is -2.28. The zero-order valence-electron chi connectivity index (χ0n) is 7.55. The maximum atomic E-state index is 12.2. The largest absolute Gasteiger partial charge is 0.407 e. The Balaban J connectivity index is 3.13. The number of nitrogens with zero attached hydrogens (tertiary/aromatic N) is 1. The third-order valence-corrected chi connectivity index (χ3v) is 1.91. The van der Waals surface area contributed by atoms with E-state index in [9.17, 15) is 13.2 Å². The molecule has 0 aromatic heterocycles. The molecule has 1 rings (SSSR count). The van der Waals surface area contributed by atoms with Gasteiger partial charge in [0.1, 0.15) is 12.1 Å². The van der Waals surface area contributed by atoms with Crippen molar-refractivity contribution in [3.63, 3.8) is 0 Å². The van der Waals surface area contributed by atoms with E-state index in [-0.39, 0.29) is 16.8 Å². The first-order chi connectivity index (χ1) is 6.86. The van der Waals surface area contributed by atoms with Crippen LogP contribution in [-0.4, -0.2) is 6.18 Å². The van der Waals surface area contributed by atoms with E-state index in [0.717, 1.165) is 12.1 Å². The smallest absolute Gasteiger partial charge is 0.398 e. The monoisotopic (exact) mass is 215 g/mol. The standard InChI is InChI=1S/C9H8F3N3/c10-9(11,12)8(15)5-1-2-7(14)6(3-5)4-13/h1-3,8H,14-15H2/t8-/m1/s1. The van der Waals surface area contributed by atoms with Crippen molar-refractivity contribution in [2.75, 3.05) is 5.73 Å². The Kier molecular flexibility index (Phi) is 2.86. The molecule has 0 aliphatic heterocycles. The van der Waals surface area contributed by atoms with Gasteiger partial charge in [0.25, 0.3) is 0 Å². The predicted molar refractivity (Wildman–Crippen MR) is 48.6 cm³/mol. The van der Waals surface area contributed by atoms with E-state index in [1.165, 1.54) is 6.07 Å². The first-order valence-electron chi connectivity index (χ1n) is 3.98. The molecule has 0 saturated heterocycles. The molecule has 0 radical (unpaired) electrons. The number of alkyl halides is 3. The van der Waals surface area contributed by atoms with Crippen molar-refractivity contribution < 1.29 is 13.2 Å². The van der Waals surface area contributed by atoms with Gasteiger partial charge >= 0.3 is 6.18 Å². The minimum atomic E-state index is -4.52. The fraction of sp³-hybridized carbons (Fsp3) is 0.222. The molecule has 15 heavy (non-hydrogen) atoms. The Labute approximate surface area is 84.1 Å². The molecule has 0 unspecified atom stereocenters. The molecule has 3 nitrogen and oxygen atoms in total. The Bertz CT molecular complexity index is 406. The second kappa shape index (κ2) is 3.79. The average Bonchev–Trinajstić information content (AvgIpc) is 2.16. The first-order valence-corrected chi connectivity index (χ1v) is 3.98.